The van der Waals surface area contributed by atoms with Gasteiger partial charge >= 0.3 is 114 Å². The average molecular weight is 315 g/mol. The van der Waals surface area contributed by atoms with Crippen molar-refractivity contribution in [3.63, 3.8) is 0 Å². The number of hydrogen-bond donors (Lipinski definition) is 0. The van der Waals surface area contributed by atoms with Gasteiger partial charge in [0.05, 0.1) is 0 Å². The van der Waals surface area contributed by atoms with E-state index in [1.165, 1.54) is 0 Å². The molecule has 92 valence electrons. The van der Waals surface area contributed by atoms with E-state index in [9.17, 15) is 0 Å². The van der Waals surface area contributed by atoms with Gasteiger partial charge in [-0.3, -0.25) is 0 Å². The Bertz CT molecular complexity index is 748. The van der Waals surface area contributed by atoms with Crippen LogP contribution in [0.15, 0.2) is 57.8 Å². The minimum absolute atomic E-state index is 0.0909. The molecule has 0 amide bonds. The molecular formula is C14H8N2O2Se. The summed E-state index contributed by atoms with van der Waals surface area (Å²) in [5.74, 6) is 1.64. The Hall–Kier alpha value is -2.10. The van der Waals surface area contributed by atoms with E-state index in [4.69, 9.17) is 8.83 Å². The Morgan fingerprint density at radius 2 is 1.26 bits per heavy atom. The van der Waals surface area contributed by atoms with E-state index in [0.717, 1.165) is 33.7 Å². The SMILES string of the molecule is c1coc(-c2ccc(-c3ccco3)c3n[se]nc23)c1. The van der Waals surface area contributed by atoms with Crippen LogP contribution in [-0.2, 0) is 0 Å². The van der Waals surface area contributed by atoms with Crippen LogP contribution in [0.25, 0.3) is 33.7 Å². The van der Waals surface area contributed by atoms with E-state index >= 15 is 0 Å². The van der Waals surface area contributed by atoms with E-state index in [1.54, 1.807) is 12.5 Å². The summed E-state index contributed by atoms with van der Waals surface area (Å²) in [5, 5.41) is 0. The third kappa shape index (κ3) is 1.67. The van der Waals surface area contributed by atoms with Crippen LogP contribution in [0.1, 0.15) is 0 Å². The molecule has 4 aromatic rings. The number of aromatic nitrogens is 2. The first-order valence-corrected chi connectivity index (χ1v) is 7.30. The van der Waals surface area contributed by atoms with Crippen LogP contribution < -0.4 is 0 Å². The topological polar surface area (TPSA) is 52.1 Å². The van der Waals surface area contributed by atoms with Crippen molar-refractivity contribution in [1.82, 2.24) is 7.96 Å². The summed E-state index contributed by atoms with van der Waals surface area (Å²) in [6.45, 7) is 0. The van der Waals surface area contributed by atoms with Gasteiger partial charge in [-0.2, -0.15) is 0 Å². The van der Waals surface area contributed by atoms with Crippen LogP contribution in [0.3, 0.4) is 0 Å². The molecule has 0 saturated carbocycles. The van der Waals surface area contributed by atoms with Gasteiger partial charge in [0.2, 0.25) is 0 Å². The van der Waals surface area contributed by atoms with Gasteiger partial charge < -0.3 is 0 Å². The van der Waals surface area contributed by atoms with Gasteiger partial charge in [0.15, 0.2) is 0 Å². The van der Waals surface area contributed by atoms with E-state index in [1.807, 2.05) is 36.4 Å². The molecule has 3 heterocycles. The molecule has 0 N–H and O–H groups in total. The van der Waals surface area contributed by atoms with E-state index in [0.29, 0.717) is 0 Å². The molecule has 4 rings (SSSR count). The van der Waals surface area contributed by atoms with Gasteiger partial charge in [0.1, 0.15) is 0 Å². The predicted molar refractivity (Wildman–Crippen MR) is 71.9 cm³/mol. The molecule has 1 aromatic carbocycles. The number of furan rings is 2. The molecule has 0 aliphatic rings. The summed E-state index contributed by atoms with van der Waals surface area (Å²) in [5.41, 5.74) is 3.78. The maximum atomic E-state index is 5.46. The predicted octanol–water partition coefficient (Wildman–Crippen LogP) is 3.21. The summed E-state index contributed by atoms with van der Waals surface area (Å²) in [7, 11) is 0. The molecule has 0 aliphatic heterocycles. The Balaban J connectivity index is 2.01. The number of hydrogen-bond acceptors (Lipinski definition) is 4. The minimum atomic E-state index is -0.0909. The van der Waals surface area contributed by atoms with Crippen LogP contribution in [0, 0.1) is 0 Å². The molecule has 19 heavy (non-hydrogen) atoms. The second-order valence-electron chi connectivity index (χ2n) is 4.08. The fourth-order valence-corrected chi connectivity index (χ4v) is 3.33. The molecule has 4 nitrogen and oxygen atoms in total. The van der Waals surface area contributed by atoms with Gasteiger partial charge in [0, 0.05) is 0 Å². The molecule has 0 radical (unpaired) electrons. The molecule has 0 atom stereocenters. The molecule has 0 unspecified atom stereocenters. The van der Waals surface area contributed by atoms with Crippen molar-refractivity contribution in [2.75, 3.05) is 0 Å². The first kappa shape index (κ1) is 10.8. The van der Waals surface area contributed by atoms with Crippen molar-refractivity contribution >= 4 is 26.0 Å². The Morgan fingerprint density at radius 3 is 1.68 bits per heavy atom. The second kappa shape index (κ2) is 4.23. The molecule has 0 spiro atoms. The summed E-state index contributed by atoms with van der Waals surface area (Å²) >= 11 is -0.0909. The monoisotopic (exact) mass is 316 g/mol. The molecule has 0 saturated heterocycles. The van der Waals surface area contributed by atoms with E-state index in [2.05, 4.69) is 7.96 Å². The number of rotatable bonds is 2. The third-order valence-corrected chi connectivity index (χ3v) is 4.10. The fraction of sp³-hybridized carbons (Fsp3) is 0. The van der Waals surface area contributed by atoms with Gasteiger partial charge in [-0.1, -0.05) is 0 Å². The van der Waals surface area contributed by atoms with Crippen molar-refractivity contribution in [3.8, 4) is 22.6 Å². The first-order chi connectivity index (χ1) is 9.43. The number of nitrogens with zero attached hydrogens (tertiary/aromatic N) is 2. The standard InChI is InChI=1S/C14H8N2O2Se/c1-3-11(17-7-1)9-5-6-10(12-4-2-8-18-12)14-13(9)15-19-16-14/h1-8H. The zero-order valence-electron chi connectivity index (χ0n) is 9.74. The molecule has 0 fully saturated rings. The maximum absolute atomic E-state index is 5.46. The van der Waals surface area contributed by atoms with E-state index < -0.39 is 0 Å². The van der Waals surface area contributed by atoms with Crippen molar-refractivity contribution < 1.29 is 8.83 Å². The average Bonchev–Trinajstić information content (AvgIpc) is 3.19. The summed E-state index contributed by atoms with van der Waals surface area (Å²) < 4.78 is 20.0. The van der Waals surface area contributed by atoms with Crippen molar-refractivity contribution in [1.29, 1.82) is 0 Å². The van der Waals surface area contributed by atoms with Crippen LogP contribution in [0.5, 0.6) is 0 Å². The third-order valence-electron chi connectivity index (χ3n) is 2.99. The van der Waals surface area contributed by atoms with Crippen molar-refractivity contribution in [2.45, 2.75) is 0 Å². The van der Waals surface area contributed by atoms with Crippen molar-refractivity contribution in [2.24, 2.45) is 0 Å². The molecule has 3 aromatic heterocycles. The summed E-state index contributed by atoms with van der Waals surface area (Å²) in [6, 6.07) is 11.6. The van der Waals surface area contributed by atoms with Crippen LogP contribution in [0.2, 0.25) is 0 Å². The van der Waals surface area contributed by atoms with Gasteiger partial charge in [-0.15, -0.1) is 0 Å². The fourth-order valence-electron chi connectivity index (χ4n) is 2.13. The van der Waals surface area contributed by atoms with E-state index in [-0.39, 0.29) is 15.0 Å². The van der Waals surface area contributed by atoms with Crippen LogP contribution >= 0.6 is 0 Å². The molecule has 0 bridgehead atoms. The Kier molecular flexibility index (Phi) is 2.40. The molecular weight excluding hydrogens is 307 g/mol. The summed E-state index contributed by atoms with van der Waals surface area (Å²) in [4.78, 5) is 0. The van der Waals surface area contributed by atoms with Gasteiger partial charge in [-0.05, 0) is 0 Å². The zero-order chi connectivity index (χ0) is 12.7. The van der Waals surface area contributed by atoms with Gasteiger partial charge in [-0.25, -0.2) is 0 Å². The van der Waals surface area contributed by atoms with Crippen molar-refractivity contribution in [3.05, 3.63) is 48.9 Å². The van der Waals surface area contributed by atoms with Crippen LogP contribution in [-0.4, -0.2) is 22.9 Å². The first-order valence-electron chi connectivity index (χ1n) is 5.76. The molecule has 0 aliphatic carbocycles. The number of fused-ring (bicyclic) bond motifs is 1. The Labute approximate surface area is 114 Å². The van der Waals surface area contributed by atoms with Crippen LogP contribution in [0.4, 0.5) is 0 Å². The molecule has 5 heteroatoms. The van der Waals surface area contributed by atoms with Gasteiger partial charge in [0.25, 0.3) is 0 Å². The second-order valence-corrected chi connectivity index (χ2v) is 5.19. The Morgan fingerprint density at radius 1 is 0.737 bits per heavy atom. The quantitative estimate of drug-likeness (QED) is 0.533. The number of benzene rings is 1. The summed E-state index contributed by atoms with van der Waals surface area (Å²) in [6.07, 6.45) is 3.33. The zero-order valence-corrected chi connectivity index (χ0v) is 11.5. The normalized spacial score (nSPS) is 11.2.